The zero-order valence-corrected chi connectivity index (χ0v) is 18.6. The van der Waals surface area contributed by atoms with Gasteiger partial charge in [-0.15, -0.1) is 34.7 Å². The zero-order valence-electron chi connectivity index (χ0n) is 16.2. The van der Waals surface area contributed by atoms with E-state index in [0.29, 0.717) is 28.2 Å². The molecule has 1 unspecified atom stereocenters. The molecular formula is C19H17F3N4O2S3. The lowest BCUT2D eigenvalue weighted by Gasteiger charge is -2.28. The number of anilines is 2. The van der Waals surface area contributed by atoms with Crippen molar-refractivity contribution >= 4 is 51.2 Å². The lowest BCUT2D eigenvalue weighted by Crippen LogP contribution is -2.39. The summed E-state index contributed by atoms with van der Waals surface area (Å²) >= 11 is 4.35. The number of nitrogens with zero attached hydrogens (tertiary/aromatic N) is 3. The van der Waals surface area contributed by atoms with Crippen LogP contribution in [-0.4, -0.2) is 39.2 Å². The molecule has 0 aliphatic carbocycles. The summed E-state index contributed by atoms with van der Waals surface area (Å²) in [5.41, 5.74) is 1.77. The molecule has 4 rings (SSSR count). The SMILES string of the molecule is CC(Sc1nnc(Nc2ccc(OC(F)(F)F)cc2)s1)C(=O)N1CCc2sccc2C1. The Morgan fingerprint density at radius 3 is 2.77 bits per heavy atom. The fraction of sp³-hybridized carbons (Fsp3) is 0.316. The van der Waals surface area contributed by atoms with Crippen LogP contribution in [0.5, 0.6) is 5.75 Å². The number of carbonyl (C=O) groups excluding carboxylic acids is 1. The summed E-state index contributed by atoms with van der Waals surface area (Å²) in [5.74, 6) is -0.238. The second-order valence-corrected chi connectivity index (χ2v) is 10.3. The number of thioether (sulfide) groups is 1. The van der Waals surface area contributed by atoms with E-state index in [1.165, 1.54) is 57.8 Å². The van der Waals surface area contributed by atoms with Crippen molar-refractivity contribution in [1.82, 2.24) is 15.1 Å². The Morgan fingerprint density at radius 2 is 2.03 bits per heavy atom. The third-order valence-corrected chi connectivity index (χ3v) is 7.52. The first kappa shape index (κ1) is 21.9. The number of hydrogen-bond donors (Lipinski definition) is 1. The summed E-state index contributed by atoms with van der Waals surface area (Å²) in [5, 5.41) is 13.4. The smallest absolute Gasteiger partial charge is 0.406 e. The van der Waals surface area contributed by atoms with Gasteiger partial charge in [-0.25, -0.2) is 0 Å². The van der Waals surface area contributed by atoms with Crippen LogP contribution in [0.15, 0.2) is 40.1 Å². The van der Waals surface area contributed by atoms with Gasteiger partial charge in [-0.1, -0.05) is 23.1 Å². The van der Waals surface area contributed by atoms with Gasteiger partial charge < -0.3 is 15.0 Å². The highest BCUT2D eigenvalue weighted by Crippen LogP contribution is 2.33. The van der Waals surface area contributed by atoms with Gasteiger partial charge in [0.05, 0.1) is 5.25 Å². The van der Waals surface area contributed by atoms with Gasteiger partial charge in [0.1, 0.15) is 5.75 Å². The molecule has 31 heavy (non-hydrogen) atoms. The Balaban J connectivity index is 1.32. The number of hydrogen-bond acceptors (Lipinski definition) is 8. The molecule has 1 aliphatic heterocycles. The van der Waals surface area contributed by atoms with Crippen molar-refractivity contribution < 1.29 is 22.7 Å². The molecule has 2 aromatic heterocycles. The minimum Gasteiger partial charge on any atom is -0.406 e. The number of amides is 1. The van der Waals surface area contributed by atoms with Crippen LogP contribution in [0, 0.1) is 0 Å². The van der Waals surface area contributed by atoms with E-state index in [9.17, 15) is 18.0 Å². The van der Waals surface area contributed by atoms with E-state index < -0.39 is 6.36 Å². The fourth-order valence-electron chi connectivity index (χ4n) is 3.07. The average molecular weight is 487 g/mol. The molecule has 164 valence electrons. The number of fused-ring (bicyclic) bond motifs is 1. The Labute approximate surface area is 188 Å². The number of carbonyl (C=O) groups is 1. The van der Waals surface area contributed by atoms with Crippen LogP contribution in [0.2, 0.25) is 0 Å². The molecule has 3 aromatic rings. The molecule has 1 amide bonds. The summed E-state index contributed by atoms with van der Waals surface area (Å²) in [7, 11) is 0. The lowest BCUT2D eigenvalue weighted by atomic mass is 10.1. The molecule has 1 N–H and O–H groups in total. The first-order valence-electron chi connectivity index (χ1n) is 9.24. The van der Waals surface area contributed by atoms with E-state index in [-0.39, 0.29) is 16.9 Å². The minimum atomic E-state index is -4.73. The van der Waals surface area contributed by atoms with Gasteiger partial charge >= 0.3 is 6.36 Å². The van der Waals surface area contributed by atoms with Crippen LogP contribution in [0.25, 0.3) is 0 Å². The van der Waals surface area contributed by atoms with E-state index in [4.69, 9.17) is 0 Å². The number of alkyl halides is 3. The van der Waals surface area contributed by atoms with Crippen molar-refractivity contribution in [2.45, 2.75) is 35.8 Å². The number of ether oxygens (including phenoxy) is 1. The van der Waals surface area contributed by atoms with Gasteiger partial charge in [0, 0.05) is 23.7 Å². The molecule has 12 heteroatoms. The summed E-state index contributed by atoms with van der Waals surface area (Å²) in [6.45, 7) is 3.21. The molecule has 6 nitrogen and oxygen atoms in total. The molecule has 3 heterocycles. The van der Waals surface area contributed by atoms with Crippen molar-refractivity contribution in [3.8, 4) is 5.75 Å². The summed E-state index contributed by atoms with van der Waals surface area (Å²) < 4.78 is 41.2. The number of halogens is 3. The Hall–Kier alpha value is -2.31. The molecular weight excluding hydrogens is 469 g/mol. The molecule has 1 aliphatic rings. The first-order valence-corrected chi connectivity index (χ1v) is 11.8. The summed E-state index contributed by atoms with van der Waals surface area (Å²) in [6, 6.07) is 7.41. The van der Waals surface area contributed by atoms with E-state index in [1.54, 1.807) is 11.3 Å². The topological polar surface area (TPSA) is 67.4 Å². The molecule has 1 aromatic carbocycles. The van der Waals surface area contributed by atoms with Gasteiger partial charge in [-0.2, -0.15) is 0 Å². The van der Waals surface area contributed by atoms with Gasteiger partial charge in [0.15, 0.2) is 4.34 Å². The number of nitrogens with one attached hydrogen (secondary N) is 1. The van der Waals surface area contributed by atoms with Crippen LogP contribution in [0.3, 0.4) is 0 Å². The van der Waals surface area contributed by atoms with Gasteiger partial charge in [-0.05, 0) is 54.6 Å². The Morgan fingerprint density at radius 1 is 1.26 bits per heavy atom. The van der Waals surface area contributed by atoms with Crippen molar-refractivity contribution in [2.75, 3.05) is 11.9 Å². The van der Waals surface area contributed by atoms with Crippen LogP contribution in [-0.2, 0) is 17.8 Å². The van der Waals surface area contributed by atoms with E-state index in [1.807, 2.05) is 11.8 Å². The second kappa shape index (κ2) is 9.05. The zero-order chi connectivity index (χ0) is 22.0. The maximum absolute atomic E-state index is 12.8. The molecule has 1 atom stereocenters. The normalized spacial score (nSPS) is 14.8. The summed E-state index contributed by atoms with van der Waals surface area (Å²) in [4.78, 5) is 16.0. The highest BCUT2D eigenvalue weighted by atomic mass is 32.2. The standard InChI is InChI=1S/C19H17F3N4O2S3/c1-11(16(27)26-8-6-15-12(10-26)7-9-29-15)30-18-25-24-17(31-18)23-13-2-4-14(5-3-13)28-19(20,21)22/h2-5,7,9,11H,6,8,10H2,1H3,(H,23,24). The Bertz CT molecular complexity index is 1050. The number of thiophene rings is 1. The van der Waals surface area contributed by atoms with Crippen LogP contribution in [0.4, 0.5) is 24.0 Å². The van der Waals surface area contributed by atoms with E-state index in [0.717, 1.165) is 6.42 Å². The van der Waals surface area contributed by atoms with E-state index >= 15 is 0 Å². The van der Waals surface area contributed by atoms with E-state index in [2.05, 4.69) is 31.7 Å². The highest BCUT2D eigenvalue weighted by molar-refractivity contribution is 8.02. The average Bonchev–Trinajstić information content (AvgIpc) is 3.36. The van der Waals surface area contributed by atoms with Crippen LogP contribution < -0.4 is 10.1 Å². The quantitative estimate of drug-likeness (QED) is 0.477. The largest absolute Gasteiger partial charge is 0.573 e. The van der Waals surface area contributed by atoms with Crippen molar-refractivity contribution in [3.63, 3.8) is 0 Å². The van der Waals surface area contributed by atoms with Crippen LogP contribution >= 0.6 is 34.4 Å². The number of rotatable bonds is 6. The predicted molar refractivity (Wildman–Crippen MR) is 115 cm³/mol. The van der Waals surface area contributed by atoms with Crippen molar-refractivity contribution in [1.29, 1.82) is 0 Å². The highest BCUT2D eigenvalue weighted by Gasteiger charge is 2.31. The summed E-state index contributed by atoms with van der Waals surface area (Å²) in [6.07, 6.45) is -3.84. The van der Waals surface area contributed by atoms with Gasteiger partial charge in [0.2, 0.25) is 11.0 Å². The maximum atomic E-state index is 12.8. The number of benzene rings is 1. The molecule has 0 saturated heterocycles. The lowest BCUT2D eigenvalue weighted by molar-refractivity contribution is -0.274. The first-order chi connectivity index (χ1) is 14.8. The van der Waals surface area contributed by atoms with Crippen molar-refractivity contribution in [2.24, 2.45) is 0 Å². The third-order valence-electron chi connectivity index (χ3n) is 4.49. The fourth-order valence-corrected chi connectivity index (χ4v) is 5.96. The van der Waals surface area contributed by atoms with Gasteiger partial charge in [-0.3, -0.25) is 4.79 Å². The monoisotopic (exact) mass is 486 g/mol. The molecule has 0 spiro atoms. The second-order valence-electron chi connectivity index (χ2n) is 6.71. The predicted octanol–water partition coefficient (Wildman–Crippen LogP) is 5.31. The maximum Gasteiger partial charge on any atom is 0.573 e. The van der Waals surface area contributed by atoms with Crippen molar-refractivity contribution in [3.05, 3.63) is 46.2 Å². The third kappa shape index (κ3) is 5.69. The molecule has 0 saturated carbocycles. The minimum absolute atomic E-state index is 0.0619. The molecule has 0 bridgehead atoms. The number of aromatic nitrogens is 2. The van der Waals surface area contributed by atoms with Gasteiger partial charge in [0.25, 0.3) is 0 Å². The molecule has 0 radical (unpaired) electrons. The van der Waals surface area contributed by atoms with Crippen LogP contribution in [0.1, 0.15) is 17.4 Å². The Kier molecular flexibility index (Phi) is 6.39. The molecule has 0 fully saturated rings.